The van der Waals surface area contributed by atoms with Crippen LogP contribution in [0.4, 0.5) is 0 Å². The summed E-state index contributed by atoms with van der Waals surface area (Å²) in [4.78, 5) is 12.9. The minimum absolute atomic E-state index is 0.186. The van der Waals surface area contributed by atoms with Gasteiger partial charge in [0.1, 0.15) is 24.4 Å². The fourth-order valence-corrected chi connectivity index (χ4v) is 8.00. The van der Waals surface area contributed by atoms with Gasteiger partial charge in [0, 0.05) is 6.42 Å². The van der Waals surface area contributed by atoms with E-state index in [-0.39, 0.29) is 12.5 Å². The molecular weight excluding hydrogens is 743 g/mol. The van der Waals surface area contributed by atoms with E-state index in [4.69, 9.17) is 9.47 Å². The first kappa shape index (κ1) is 55.7. The maximum Gasteiger partial charge on any atom is 0.220 e. The molecule has 0 saturated carbocycles. The molecule has 0 aromatic rings. The van der Waals surface area contributed by atoms with E-state index in [9.17, 15) is 30.3 Å². The van der Waals surface area contributed by atoms with Gasteiger partial charge in [-0.1, -0.05) is 218 Å². The largest absolute Gasteiger partial charge is 0.394 e. The summed E-state index contributed by atoms with van der Waals surface area (Å²) in [5, 5.41) is 54.2. The van der Waals surface area contributed by atoms with Gasteiger partial charge in [-0.2, -0.15) is 0 Å². The molecule has 0 bridgehead atoms. The zero-order chi connectivity index (χ0) is 43.0. The summed E-state index contributed by atoms with van der Waals surface area (Å²) < 4.78 is 11.2. The first-order valence-electron chi connectivity index (χ1n) is 25.1. The first-order chi connectivity index (χ1) is 28.8. The Morgan fingerprint density at radius 3 is 1.42 bits per heavy atom. The van der Waals surface area contributed by atoms with Gasteiger partial charge in [-0.05, 0) is 32.1 Å². The predicted octanol–water partition coefficient (Wildman–Crippen LogP) is 11.1. The van der Waals surface area contributed by atoms with Crippen molar-refractivity contribution in [1.29, 1.82) is 0 Å². The van der Waals surface area contributed by atoms with Crippen molar-refractivity contribution < 1.29 is 39.8 Å². The summed E-state index contributed by atoms with van der Waals surface area (Å²) >= 11 is 0. The fraction of sp³-hybridized carbons (Fsp3) is 0.900. The van der Waals surface area contributed by atoms with Crippen LogP contribution in [0.5, 0.6) is 0 Å². The number of ether oxygens (including phenoxy) is 2. The lowest BCUT2D eigenvalue weighted by Crippen LogP contribution is -2.60. The summed E-state index contributed by atoms with van der Waals surface area (Å²) in [6, 6.07) is -0.816. The van der Waals surface area contributed by atoms with Crippen molar-refractivity contribution in [2.45, 2.75) is 275 Å². The first-order valence-corrected chi connectivity index (χ1v) is 25.1. The van der Waals surface area contributed by atoms with E-state index in [1.807, 2.05) is 6.08 Å². The molecule has 7 unspecified atom stereocenters. The second-order valence-corrected chi connectivity index (χ2v) is 17.6. The summed E-state index contributed by atoms with van der Waals surface area (Å²) in [5.74, 6) is -0.186. The number of hydrogen-bond acceptors (Lipinski definition) is 8. The van der Waals surface area contributed by atoms with Gasteiger partial charge in [-0.3, -0.25) is 4.79 Å². The highest BCUT2D eigenvalue weighted by molar-refractivity contribution is 5.76. The Morgan fingerprint density at radius 1 is 0.559 bits per heavy atom. The summed E-state index contributed by atoms with van der Waals surface area (Å²) in [6.45, 7) is 3.77. The van der Waals surface area contributed by atoms with Crippen molar-refractivity contribution in [3.8, 4) is 0 Å². The van der Waals surface area contributed by atoms with Crippen molar-refractivity contribution in [3.05, 3.63) is 24.3 Å². The lowest BCUT2D eigenvalue weighted by Gasteiger charge is -2.40. The van der Waals surface area contributed by atoms with E-state index < -0.39 is 49.5 Å². The average molecular weight is 838 g/mol. The molecule has 1 amide bonds. The van der Waals surface area contributed by atoms with Crippen molar-refractivity contribution >= 4 is 5.91 Å². The molecular formula is C50H95NO8. The molecule has 6 N–H and O–H groups in total. The second-order valence-electron chi connectivity index (χ2n) is 17.6. The molecule has 1 heterocycles. The van der Waals surface area contributed by atoms with E-state index in [1.54, 1.807) is 6.08 Å². The maximum atomic E-state index is 12.9. The Labute approximate surface area is 362 Å². The normalized spacial score (nSPS) is 20.8. The van der Waals surface area contributed by atoms with Crippen molar-refractivity contribution in [2.24, 2.45) is 0 Å². The maximum absolute atomic E-state index is 12.9. The van der Waals surface area contributed by atoms with E-state index >= 15 is 0 Å². The molecule has 348 valence electrons. The number of amides is 1. The Balaban J connectivity index is 2.29. The van der Waals surface area contributed by atoms with E-state index in [0.29, 0.717) is 6.42 Å². The van der Waals surface area contributed by atoms with E-state index in [1.165, 1.54) is 173 Å². The van der Waals surface area contributed by atoms with Crippen LogP contribution in [0.25, 0.3) is 0 Å². The van der Waals surface area contributed by atoms with Gasteiger partial charge in [0.15, 0.2) is 6.29 Å². The van der Waals surface area contributed by atoms with Crippen molar-refractivity contribution in [1.82, 2.24) is 5.32 Å². The van der Waals surface area contributed by atoms with Crippen LogP contribution >= 0.6 is 0 Å². The van der Waals surface area contributed by atoms with Crippen LogP contribution in [0.15, 0.2) is 24.3 Å². The second kappa shape index (κ2) is 40.7. The monoisotopic (exact) mass is 838 g/mol. The molecule has 0 radical (unpaired) electrons. The van der Waals surface area contributed by atoms with Gasteiger partial charge in [0.25, 0.3) is 0 Å². The van der Waals surface area contributed by atoms with Crippen LogP contribution in [0.3, 0.4) is 0 Å². The number of aliphatic hydroxyl groups is 5. The molecule has 0 spiro atoms. The van der Waals surface area contributed by atoms with Crippen molar-refractivity contribution in [2.75, 3.05) is 13.2 Å². The van der Waals surface area contributed by atoms with E-state index in [2.05, 4.69) is 31.3 Å². The SMILES string of the molecule is CCCCCCCCCCCCCCCCCCCC/C=C/CC/C=C/C(O)C(COC1OC(CO)C(O)C(O)C1O)NC(=O)CCCCCCCCCCCCCC. The van der Waals surface area contributed by atoms with Crippen LogP contribution in [0, 0.1) is 0 Å². The lowest BCUT2D eigenvalue weighted by atomic mass is 9.99. The molecule has 1 fully saturated rings. The third-order valence-corrected chi connectivity index (χ3v) is 12.0. The van der Waals surface area contributed by atoms with E-state index in [0.717, 1.165) is 38.5 Å². The van der Waals surface area contributed by atoms with Gasteiger partial charge in [-0.15, -0.1) is 0 Å². The molecule has 1 aliphatic heterocycles. The van der Waals surface area contributed by atoms with Crippen LogP contribution < -0.4 is 5.32 Å². The molecule has 1 rings (SSSR count). The zero-order valence-corrected chi connectivity index (χ0v) is 38.3. The number of hydrogen-bond donors (Lipinski definition) is 6. The summed E-state index contributed by atoms with van der Waals surface area (Å²) in [6.07, 6.45) is 42.4. The number of nitrogens with one attached hydrogen (secondary N) is 1. The third-order valence-electron chi connectivity index (χ3n) is 12.0. The van der Waals surface area contributed by atoms with Crippen molar-refractivity contribution in [3.63, 3.8) is 0 Å². The molecule has 0 aromatic carbocycles. The highest BCUT2D eigenvalue weighted by atomic mass is 16.7. The Hall–Kier alpha value is -1.33. The number of allylic oxidation sites excluding steroid dienone is 3. The van der Waals surface area contributed by atoms with Crippen LogP contribution in [0.2, 0.25) is 0 Å². The summed E-state index contributed by atoms with van der Waals surface area (Å²) in [5.41, 5.74) is 0. The predicted molar refractivity (Wildman–Crippen MR) is 244 cm³/mol. The highest BCUT2D eigenvalue weighted by Crippen LogP contribution is 2.23. The van der Waals surface area contributed by atoms with Gasteiger partial charge >= 0.3 is 0 Å². The summed E-state index contributed by atoms with van der Waals surface area (Å²) in [7, 11) is 0. The molecule has 59 heavy (non-hydrogen) atoms. The van der Waals surface area contributed by atoms with Gasteiger partial charge in [0.2, 0.25) is 5.91 Å². The molecule has 1 saturated heterocycles. The van der Waals surface area contributed by atoms with Crippen LogP contribution in [-0.4, -0.2) is 87.5 Å². The number of carbonyl (C=O) groups excluding carboxylic acids is 1. The smallest absolute Gasteiger partial charge is 0.220 e. The Morgan fingerprint density at radius 2 is 0.966 bits per heavy atom. The number of unbranched alkanes of at least 4 members (excludes halogenated alkanes) is 30. The topological polar surface area (TPSA) is 149 Å². The van der Waals surface area contributed by atoms with Crippen LogP contribution in [0.1, 0.15) is 232 Å². The molecule has 0 aromatic heterocycles. The number of carbonyl (C=O) groups is 1. The molecule has 0 aliphatic carbocycles. The average Bonchev–Trinajstić information content (AvgIpc) is 3.23. The quantitative estimate of drug-likeness (QED) is 0.0263. The Kier molecular flexibility index (Phi) is 38.4. The number of aliphatic hydroxyl groups excluding tert-OH is 5. The molecule has 1 aliphatic rings. The minimum atomic E-state index is -1.57. The Bertz CT molecular complexity index is 977. The highest BCUT2D eigenvalue weighted by Gasteiger charge is 2.44. The van der Waals surface area contributed by atoms with Gasteiger partial charge in [0.05, 0.1) is 25.4 Å². The molecule has 9 heteroatoms. The number of rotatable bonds is 42. The van der Waals surface area contributed by atoms with Crippen LogP contribution in [-0.2, 0) is 14.3 Å². The minimum Gasteiger partial charge on any atom is -0.394 e. The zero-order valence-electron chi connectivity index (χ0n) is 38.3. The molecule has 7 atom stereocenters. The van der Waals surface area contributed by atoms with Gasteiger partial charge in [-0.25, -0.2) is 0 Å². The third kappa shape index (κ3) is 31.2. The van der Waals surface area contributed by atoms with Gasteiger partial charge < -0.3 is 40.3 Å². The lowest BCUT2D eigenvalue weighted by molar-refractivity contribution is -0.302. The standard InChI is InChI=1S/C50H95NO8/c1-3-5-7-9-11-13-15-17-18-19-20-21-22-23-24-25-26-27-28-29-31-33-35-37-39-44(53)43(42-58-50-49(57)48(56)47(55)45(41-52)59-50)51-46(54)40-38-36-34-32-30-16-14-12-10-8-6-4-2/h29,31,37,39,43-45,47-50,52-53,55-57H,3-28,30,32-36,38,40-42H2,1-2H3,(H,51,54)/b31-29+,39-37+. The fourth-order valence-electron chi connectivity index (χ4n) is 8.00. The molecule has 9 nitrogen and oxygen atoms in total.